The number of hydrogen-bond acceptors (Lipinski definition) is 3. The summed E-state index contributed by atoms with van der Waals surface area (Å²) in [5.74, 6) is 0.954. The van der Waals surface area contributed by atoms with E-state index in [-0.39, 0.29) is 12.1 Å². The van der Waals surface area contributed by atoms with E-state index in [2.05, 4.69) is 45.1 Å². The molecule has 0 amide bonds. The largest absolute Gasteiger partial charge is 0.496 e. The topological polar surface area (TPSA) is 41.5 Å². The maximum atomic E-state index is 9.00. The Kier molecular flexibility index (Phi) is 5.83. The van der Waals surface area contributed by atoms with Crippen molar-refractivity contribution in [3.63, 3.8) is 0 Å². The van der Waals surface area contributed by atoms with E-state index in [0.717, 1.165) is 25.1 Å². The molecule has 0 unspecified atom stereocenters. The molecule has 0 spiro atoms. The second-order valence-corrected chi connectivity index (χ2v) is 5.78. The van der Waals surface area contributed by atoms with Crippen molar-refractivity contribution in [3.8, 4) is 5.75 Å². The van der Waals surface area contributed by atoms with Crippen LogP contribution in [0.4, 0.5) is 0 Å². The molecular formula is C16H27NO2. The number of hydrogen-bond donors (Lipinski definition) is 2. The molecule has 19 heavy (non-hydrogen) atoms. The molecule has 0 aromatic heterocycles. The number of aliphatic hydroxyl groups excluding tert-OH is 1. The van der Waals surface area contributed by atoms with Crippen LogP contribution in [0.1, 0.15) is 37.0 Å². The molecule has 0 saturated heterocycles. The summed E-state index contributed by atoms with van der Waals surface area (Å²) in [6.45, 7) is 9.58. The number of methoxy groups -OCH3 is 1. The molecule has 0 aliphatic heterocycles. The smallest absolute Gasteiger partial charge is 0.122 e. The van der Waals surface area contributed by atoms with E-state index in [1.807, 2.05) is 0 Å². The summed E-state index contributed by atoms with van der Waals surface area (Å²) in [5.41, 5.74) is 3.79. The van der Waals surface area contributed by atoms with E-state index in [1.165, 1.54) is 16.7 Å². The van der Waals surface area contributed by atoms with Gasteiger partial charge in [0.2, 0.25) is 0 Å². The van der Waals surface area contributed by atoms with E-state index >= 15 is 0 Å². The second-order valence-electron chi connectivity index (χ2n) is 5.78. The Bertz CT molecular complexity index is 413. The Balaban J connectivity index is 2.61. The van der Waals surface area contributed by atoms with Gasteiger partial charge in [0.25, 0.3) is 0 Å². The number of ether oxygens (including phenoxy) is 1. The van der Waals surface area contributed by atoms with Crippen molar-refractivity contribution >= 4 is 0 Å². The zero-order chi connectivity index (χ0) is 14.5. The minimum atomic E-state index is -0.00975. The van der Waals surface area contributed by atoms with Gasteiger partial charge in [-0.25, -0.2) is 0 Å². The first-order chi connectivity index (χ1) is 8.89. The number of aliphatic hydroxyl groups is 1. The quantitative estimate of drug-likeness (QED) is 0.796. The van der Waals surface area contributed by atoms with E-state index < -0.39 is 0 Å². The van der Waals surface area contributed by atoms with Crippen LogP contribution in [-0.2, 0) is 6.42 Å². The highest BCUT2D eigenvalue weighted by atomic mass is 16.5. The van der Waals surface area contributed by atoms with E-state index in [9.17, 15) is 0 Å². The minimum Gasteiger partial charge on any atom is -0.496 e. The van der Waals surface area contributed by atoms with Crippen LogP contribution < -0.4 is 10.1 Å². The van der Waals surface area contributed by atoms with Gasteiger partial charge in [0.1, 0.15) is 5.75 Å². The Hall–Kier alpha value is -1.06. The highest BCUT2D eigenvalue weighted by Gasteiger charge is 2.15. The molecule has 3 heteroatoms. The van der Waals surface area contributed by atoms with Gasteiger partial charge in [0, 0.05) is 12.1 Å². The zero-order valence-corrected chi connectivity index (χ0v) is 12.8. The van der Waals surface area contributed by atoms with Gasteiger partial charge in [-0.1, -0.05) is 6.07 Å². The molecule has 2 N–H and O–H groups in total. The molecule has 1 aromatic rings. The van der Waals surface area contributed by atoms with Gasteiger partial charge in [-0.3, -0.25) is 0 Å². The van der Waals surface area contributed by atoms with E-state index in [1.54, 1.807) is 7.11 Å². The molecule has 0 fully saturated rings. The minimum absolute atomic E-state index is 0.00975. The summed E-state index contributed by atoms with van der Waals surface area (Å²) in [7, 11) is 1.71. The molecule has 0 atom stereocenters. The normalized spacial score (nSPS) is 11.7. The third-order valence-corrected chi connectivity index (χ3v) is 3.59. The standard InChI is InChI=1S/C16H27NO2/c1-12-11-15(19-5)13(2)10-14(12)6-8-17-16(3,4)7-9-18/h10-11,17-18H,6-9H2,1-5H3. The van der Waals surface area contributed by atoms with Gasteiger partial charge in [-0.05, 0) is 69.8 Å². The van der Waals surface area contributed by atoms with Crippen LogP contribution in [0.5, 0.6) is 5.75 Å². The first-order valence-electron chi connectivity index (χ1n) is 6.89. The Morgan fingerprint density at radius 2 is 1.89 bits per heavy atom. The Morgan fingerprint density at radius 1 is 1.21 bits per heavy atom. The lowest BCUT2D eigenvalue weighted by atomic mass is 9.99. The lowest BCUT2D eigenvalue weighted by Gasteiger charge is -2.25. The van der Waals surface area contributed by atoms with Crippen molar-refractivity contribution in [1.29, 1.82) is 0 Å². The average Bonchev–Trinajstić information content (AvgIpc) is 2.32. The maximum absolute atomic E-state index is 9.00. The molecule has 1 aromatic carbocycles. The maximum Gasteiger partial charge on any atom is 0.122 e. The number of benzene rings is 1. The van der Waals surface area contributed by atoms with Crippen molar-refractivity contribution in [1.82, 2.24) is 5.32 Å². The second kappa shape index (κ2) is 6.92. The van der Waals surface area contributed by atoms with Crippen molar-refractivity contribution in [2.45, 2.75) is 46.1 Å². The summed E-state index contributed by atoms with van der Waals surface area (Å²) in [6.07, 6.45) is 1.76. The monoisotopic (exact) mass is 265 g/mol. The van der Waals surface area contributed by atoms with Crippen LogP contribution in [0.15, 0.2) is 12.1 Å². The third kappa shape index (κ3) is 4.84. The van der Waals surface area contributed by atoms with Crippen molar-refractivity contribution in [2.24, 2.45) is 0 Å². The lowest BCUT2D eigenvalue weighted by Crippen LogP contribution is -2.41. The fraction of sp³-hybridized carbons (Fsp3) is 0.625. The summed E-state index contributed by atoms with van der Waals surface area (Å²) < 4.78 is 5.33. The molecule has 0 aliphatic carbocycles. The highest BCUT2D eigenvalue weighted by molar-refractivity contribution is 5.41. The summed E-state index contributed by atoms with van der Waals surface area (Å²) in [5, 5.41) is 12.5. The van der Waals surface area contributed by atoms with Gasteiger partial charge in [-0.2, -0.15) is 0 Å². The molecular weight excluding hydrogens is 238 g/mol. The lowest BCUT2D eigenvalue weighted by molar-refractivity contribution is 0.231. The first kappa shape index (κ1) is 16.0. The summed E-state index contributed by atoms with van der Waals surface area (Å²) in [4.78, 5) is 0. The van der Waals surface area contributed by atoms with Crippen molar-refractivity contribution in [3.05, 3.63) is 28.8 Å². The summed E-state index contributed by atoms with van der Waals surface area (Å²) >= 11 is 0. The fourth-order valence-corrected chi connectivity index (χ4v) is 2.24. The molecule has 0 aliphatic rings. The molecule has 0 saturated carbocycles. The van der Waals surface area contributed by atoms with Gasteiger partial charge in [0.15, 0.2) is 0 Å². The van der Waals surface area contributed by atoms with Crippen LogP contribution in [-0.4, -0.2) is 30.9 Å². The van der Waals surface area contributed by atoms with Crippen LogP contribution in [0.2, 0.25) is 0 Å². The number of rotatable bonds is 7. The van der Waals surface area contributed by atoms with Gasteiger partial charge >= 0.3 is 0 Å². The molecule has 0 bridgehead atoms. The van der Waals surface area contributed by atoms with E-state index in [0.29, 0.717) is 0 Å². The molecule has 1 rings (SSSR count). The zero-order valence-electron chi connectivity index (χ0n) is 12.8. The van der Waals surface area contributed by atoms with Gasteiger partial charge in [0.05, 0.1) is 7.11 Å². The SMILES string of the molecule is COc1cc(C)c(CCNC(C)(C)CCO)cc1C. The predicted molar refractivity (Wildman–Crippen MR) is 80.0 cm³/mol. The molecule has 108 valence electrons. The van der Waals surface area contributed by atoms with Crippen molar-refractivity contribution in [2.75, 3.05) is 20.3 Å². The fourth-order valence-electron chi connectivity index (χ4n) is 2.24. The highest BCUT2D eigenvalue weighted by Crippen LogP contribution is 2.22. The third-order valence-electron chi connectivity index (χ3n) is 3.59. The first-order valence-corrected chi connectivity index (χ1v) is 6.89. The van der Waals surface area contributed by atoms with Gasteiger partial charge < -0.3 is 15.2 Å². The van der Waals surface area contributed by atoms with Gasteiger partial charge in [-0.15, -0.1) is 0 Å². The van der Waals surface area contributed by atoms with Crippen LogP contribution in [0, 0.1) is 13.8 Å². The Morgan fingerprint density at radius 3 is 2.47 bits per heavy atom. The predicted octanol–water partition coefficient (Wildman–Crippen LogP) is 2.61. The van der Waals surface area contributed by atoms with Crippen LogP contribution in [0.25, 0.3) is 0 Å². The molecule has 0 radical (unpaired) electrons. The summed E-state index contributed by atoms with van der Waals surface area (Å²) in [6, 6.07) is 4.30. The van der Waals surface area contributed by atoms with Crippen molar-refractivity contribution < 1.29 is 9.84 Å². The van der Waals surface area contributed by atoms with Crippen LogP contribution in [0.3, 0.4) is 0 Å². The Labute approximate surface area is 117 Å². The average molecular weight is 265 g/mol. The van der Waals surface area contributed by atoms with Crippen LogP contribution >= 0.6 is 0 Å². The molecule has 0 heterocycles. The molecule has 3 nitrogen and oxygen atoms in total. The van der Waals surface area contributed by atoms with E-state index in [4.69, 9.17) is 9.84 Å². The number of nitrogens with one attached hydrogen (secondary N) is 1. The number of aryl methyl sites for hydroxylation is 2.